The number of hydrogen-bond donors (Lipinski definition) is 0. The molecule has 0 unspecified atom stereocenters. The lowest BCUT2D eigenvalue weighted by molar-refractivity contribution is 0.231. The highest BCUT2D eigenvalue weighted by atomic mass is 19.1. The molecular weight excluding hydrogens is 265 g/mol. The van der Waals surface area contributed by atoms with Crippen molar-refractivity contribution in [2.45, 2.75) is 51.9 Å². The van der Waals surface area contributed by atoms with Crippen molar-refractivity contribution in [2.24, 2.45) is 11.8 Å². The van der Waals surface area contributed by atoms with E-state index in [1.165, 1.54) is 44.6 Å². The van der Waals surface area contributed by atoms with Gasteiger partial charge in [0, 0.05) is 0 Å². The van der Waals surface area contributed by atoms with Crippen LogP contribution in [0.1, 0.15) is 57.4 Å². The fraction of sp³-hybridized carbons (Fsp3) is 0.611. The highest BCUT2D eigenvalue weighted by molar-refractivity contribution is 5.35. The number of rotatable bonds is 6. The lowest BCUT2D eigenvalue weighted by atomic mass is 9.79. The Bertz CT molecular complexity index is 486. The number of ether oxygens (including phenoxy) is 1. The molecule has 0 saturated heterocycles. The summed E-state index contributed by atoms with van der Waals surface area (Å²) in [6.07, 6.45) is 8.87. The molecule has 0 bridgehead atoms. The summed E-state index contributed by atoms with van der Waals surface area (Å²) in [4.78, 5) is 0. The Morgan fingerprint density at radius 2 is 1.95 bits per heavy atom. The van der Waals surface area contributed by atoms with E-state index < -0.39 is 5.82 Å². The van der Waals surface area contributed by atoms with Gasteiger partial charge in [-0.3, -0.25) is 0 Å². The SMILES string of the molecule is CC[C@H]1CC[C@H](CCCOc2ccc(C#N)cc2F)CC1. The van der Waals surface area contributed by atoms with Crippen LogP contribution in [0, 0.1) is 29.0 Å². The molecule has 0 N–H and O–H groups in total. The Labute approximate surface area is 126 Å². The van der Waals surface area contributed by atoms with E-state index in [4.69, 9.17) is 10.00 Å². The van der Waals surface area contributed by atoms with Gasteiger partial charge in [0.25, 0.3) is 0 Å². The van der Waals surface area contributed by atoms with Crippen molar-refractivity contribution in [1.29, 1.82) is 5.26 Å². The zero-order valence-electron chi connectivity index (χ0n) is 12.8. The largest absolute Gasteiger partial charge is 0.491 e. The number of hydrogen-bond acceptors (Lipinski definition) is 2. The van der Waals surface area contributed by atoms with Crippen LogP contribution in [-0.4, -0.2) is 6.61 Å². The van der Waals surface area contributed by atoms with Crippen LogP contribution in [0.3, 0.4) is 0 Å². The van der Waals surface area contributed by atoms with Crippen LogP contribution in [0.15, 0.2) is 18.2 Å². The average molecular weight is 289 g/mol. The van der Waals surface area contributed by atoms with E-state index in [0.717, 1.165) is 18.3 Å². The van der Waals surface area contributed by atoms with E-state index in [-0.39, 0.29) is 5.75 Å². The first-order chi connectivity index (χ1) is 10.2. The molecule has 0 heterocycles. The summed E-state index contributed by atoms with van der Waals surface area (Å²) in [5.41, 5.74) is 0.326. The number of nitrogens with zero attached hydrogens (tertiary/aromatic N) is 1. The number of benzene rings is 1. The predicted octanol–water partition coefficient (Wildman–Crippen LogP) is 5.07. The van der Waals surface area contributed by atoms with Crippen LogP contribution in [0.4, 0.5) is 4.39 Å². The Kier molecular flexibility index (Phi) is 6.04. The van der Waals surface area contributed by atoms with Gasteiger partial charge in [0.05, 0.1) is 18.2 Å². The molecule has 114 valence electrons. The minimum Gasteiger partial charge on any atom is -0.491 e. The van der Waals surface area contributed by atoms with Gasteiger partial charge < -0.3 is 4.74 Å². The monoisotopic (exact) mass is 289 g/mol. The maximum Gasteiger partial charge on any atom is 0.166 e. The number of nitriles is 1. The molecule has 21 heavy (non-hydrogen) atoms. The van der Waals surface area contributed by atoms with Gasteiger partial charge in [-0.1, -0.05) is 39.0 Å². The molecule has 0 aliphatic heterocycles. The summed E-state index contributed by atoms with van der Waals surface area (Å²) in [5, 5.41) is 8.69. The molecule has 0 aromatic heterocycles. The van der Waals surface area contributed by atoms with Crippen molar-refractivity contribution in [2.75, 3.05) is 6.61 Å². The fourth-order valence-electron chi connectivity index (χ4n) is 3.17. The lowest BCUT2D eigenvalue weighted by Gasteiger charge is -2.27. The summed E-state index contributed by atoms with van der Waals surface area (Å²) in [6, 6.07) is 6.27. The molecule has 1 aromatic rings. The molecule has 0 atom stereocenters. The fourth-order valence-corrected chi connectivity index (χ4v) is 3.17. The van der Waals surface area contributed by atoms with Crippen LogP contribution >= 0.6 is 0 Å². The van der Waals surface area contributed by atoms with Crippen molar-refractivity contribution < 1.29 is 9.13 Å². The zero-order chi connectivity index (χ0) is 15.1. The van der Waals surface area contributed by atoms with Crippen molar-refractivity contribution in [3.05, 3.63) is 29.6 Å². The molecule has 1 aliphatic rings. The Morgan fingerprint density at radius 1 is 1.24 bits per heavy atom. The number of halogens is 1. The lowest BCUT2D eigenvalue weighted by Crippen LogP contribution is -2.14. The summed E-state index contributed by atoms with van der Waals surface area (Å²) in [7, 11) is 0. The standard InChI is InChI=1S/C18H24FNO/c1-2-14-5-7-15(8-6-14)4-3-11-21-18-10-9-16(13-20)12-17(18)19/h9-10,12,14-15H,2-8,11H2,1H3/t14-,15-. The summed E-state index contributed by atoms with van der Waals surface area (Å²) in [6.45, 7) is 2.83. The third-order valence-electron chi connectivity index (χ3n) is 4.62. The van der Waals surface area contributed by atoms with Crippen molar-refractivity contribution in [3.63, 3.8) is 0 Å². The summed E-state index contributed by atoms with van der Waals surface area (Å²) >= 11 is 0. The van der Waals surface area contributed by atoms with Crippen LogP contribution in [0.25, 0.3) is 0 Å². The molecule has 2 rings (SSSR count). The van der Waals surface area contributed by atoms with Crippen molar-refractivity contribution in [1.82, 2.24) is 0 Å². The van der Waals surface area contributed by atoms with E-state index >= 15 is 0 Å². The first kappa shape index (κ1) is 15.8. The third-order valence-corrected chi connectivity index (χ3v) is 4.62. The first-order valence-corrected chi connectivity index (χ1v) is 8.05. The van der Waals surface area contributed by atoms with Crippen LogP contribution in [-0.2, 0) is 0 Å². The van der Waals surface area contributed by atoms with Gasteiger partial charge in [-0.05, 0) is 42.9 Å². The minimum absolute atomic E-state index is 0.253. The normalized spacial score (nSPS) is 21.8. The molecule has 1 saturated carbocycles. The second-order valence-corrected chi connectivity index (χ2v) is 6.04. The zero-order valence-corrected chi connectivity index (χ0v) is 12.8. The van der Waals surface area contributed by atoms with E-state index in [1.54, 1.807) is 12.1 Å². The molecule has 2 nitrogen and oxygen atoms in total. The second kappa shape index (κ2) is 8.02. The van der Waals surface area contributed by atoms with E-state index in [2.05, 4.69) is 6.92 Å². The quantitative estimate of drug-likeness (QED) is 0.685. The Balaban J connectivity index is 1.67. The Hall–Kier alpha value is -1.56. The molecule has 0 radical (unpaired) electrons. The van der Waals surface area contributed by atoms with E-state index in [1.807, 2.05) is 6.07 Å². The topological polar surface area (TPSA) is 33.0 Å². The molecule has 1 fully saturated rings. The van der Waals surface area contributed by atoms with Gasteiger partial charge >= 0.3 is 0 Å². The predicted molar refractivity (Wildman–Crippen MR) is 81.6 cm³/mol. The van der Waals surface area contributed by atoms with E-state index in [9.17, 15) is 4.39 Å². The molecule has 1 aliphatic carbocycles. The van der Waals surface area contributed by atoms with Gasteiger partial charge in [-0.25, -0.2) is 4.39 Å². The highest BCUT2D eigenvalue weighted by Gasteiger charge is 2.19. The molecule has 1 aromatic carbocycles. The second-order valence-electron chi connectivity index (χ2n) is 6.04. The van der Waals surface area contributed by atoms with Gasteiger partial charge in [-0.15, -0.1) is 0 Å². The summed E-state index contributed by atoms with van der Waals surface area (Å²) in [5.74, 6) is 1.56. The highest BCUT2D eigenvalue weighted by Crippen LogP contribution is 2.33. The summed E-state index contributed by atoms with van der Waals surface area (Å²) < 4.78 is 19.1. The third kappa shape index (κ3) is 4.74. The van der Waals surface area contributed by atoms with Crippen LogP contribution < -0.4 is 4.74 Å². The maximum atomic E-state index is 13.6. The van der Waals surface area contributed by atoms with Crippen LogP contribution in [0.2, 0.25) is 0 Å². The smallest absolute Gasteiger partial charge is 0.166 e. The van der Waals surface area contributed by atoms with Gasteiger partial charge in [0.15, 0.2) is 11.6 Å². The van der Waals surface area contributed by atoms with Crippen molar-refractivity contribution in [3.8, 4) is 11.8 Å². The Morgan fingerprint density at radius 3 is 2.57 bits per heavy atom. The van der Waals surface area contributed by atoms with Crippen LogP contribution in [0.5, 0.6) is 5.75 Å². The minimum atomic E-state index is -0.447. The van der Waals surface area contributed by atoms with E-state index in [0.29, 0.717) is 12.2 Å². The van der Waals surface area contributed by atoms with Crippen molar-refractivity contribution >= 4 is 0 Å². The first-order valence-electron chi connectivity index (χ1n) is 8.05. The molecular formula is C18H24FNO. The van der Waals surface area contributed by atoms with Gasteiger partial charge in [0.1, 0.15) is 0 Å². The molecule has 3 heteroatoms. The molecule has 0 amide bonds. The maximum absolute atomic E-state index is 13.6. The average Bonchev–Trinajstić information content (AvgIpc) is 2.53. The van der Waals surface area contributed by atoms with Gasteiger partial charge in [-0.2, -0.15) is 5.26 Å². The molecule has 0 spiro atoms. The van der Waals surface area contributed by atoms with Gasteiger partial charge in [0.2, 0.25) is 0 Å².